The van der Waals surface area contributed by atoms with Gasteiger partial charge in [0.1, 0.15) is 18.1 Å². The number of phenols is 1. The van der Waals surface area contributed by atoms with Crippen LogP contribution in [-0.2, 0) is 4.74 Å². The molecule has 0 unspecified atom stereocenters. The second-order valence-electron chi connectivity index (χ2n) is 5.23. The highest BCUT2D eigenvalue weighted by molar-refractivity contribution is 6.10. The zero-order valence-electron chi connectivity index (χ0n) is 13.1. The van der Waals surface area contributed by atoms with Crippen molar-refractivity contribution in [2.24, 2.45) is 0 Å². The molecule has 4 heteroatoms. The van der Waals surface area contributed by atoms with Crippen LogP contribution >= 0.6 is 0 Å². The van der Waals surface area contributed by atoms with Crippen LogP contribution in [0.5, 0.6) is 11.5 Å². The maximum atomic E-state index is 12.3. The number of carbonyl (C=O) groups is 1. The van der Waals surface area contributed by atoms with E-state index in [1.54, 1.807) is 36.4 Å². The number of hydrogen-bond donors (Lipinski definition) is 1. The predicted octanol–water partition coefficient (Wildman–Crippen LogP) is 3.59. The van der Waals surface area contributed by atoms with Gasteiger partial charge in [0.05, 0.1) is 18.8 Å². The standard InChI is InChI=1S/C19H20O4/c1-14(2)13-22-10-11-23-16-8-9-17(18(20)12-16)19(21)15-6-4-3-5-7-15/h3-9,12,20H,1,10-11,13H2,2H3. The molecule has 23 heavy (non-hydrogen) atoms. The Kier molecular flexibility index (Phi) is 5.94. The molecule has 0 aliphatic carbocycles. The third-order valence-corrected chi connectivity index (χ3v) is 3.09. The van der Waals surface area contributed by atoms with Crippen molar-refractivity contribution in [3.8, 4) is 11.5 Å². The average molecular weight is 312 g/mol. The van der Waals surface area contributed by atoms with Gasteiger partial charge in [-0.3, -0.25) is 4.79 Å². The topological polar surface area (TPSA) is 55.8 Å². The van der Waals surface area contributed by atoms with Crippen molar-refractivity contribution in [2.45, 2.75) is 6.92 Å². The summed E-state index contributed by atoms with van der Waals surface area (Å²) in [6, 6.07) is 13.5. The second-order valence-corrected chi connectivity index (χ2v) is 5.23. The molecule has 120 valence electrons. The van der Waals surface area contributed by atoms with E-state index < -0.39 is 0 Å². The quantitative estimate of drug-likeness (QED) is 0.460. The number of ether oxygens (including phenoxy) is 2. The summed E-state index contributed by atoms with van der Waals surface area (Å²) in [5, 5.41) is 10.1. The van der Waals surface area contributed by atoms with Gasteiger partial charge < -0.3 is 14.6 Å². The van der Waals surface area contributed by atoms with Crippen LogP contribution in [0.15, 0.2) is 60.7 Å². The van der Waals surface area contributed by atoms with Gasteiger partial charge in [0, 0.05) is 11.6 Å². The van der Waals surface area contributed by atoms with Crippen molar-refractivity contribution in [2.75, 3.05) is 19.8 Å². The van der Waals surface area contributed by atoms with E-state index >= 15 is 0 Å². The number of carbonyl (C=O) groups excluding carboxylic acids is 1. The van der Waals surface area contributed by atoms with Gasteiger partial charge in [-0.1, -0.05) is 42.5 Å². The Morgan fingerprint density at radius 2 is 1.87 bits per heavy atom. The molecule has 0 aliphatic heterocycles. The molecule has 2 aromatic carbocycles. The zero-order chi connectivity index (χ0) is 16.7. The zero-order valence-corrected chi connectivity index (χ0v) is 13.1. The first-order chi connectivity index (χ1) is 11.1. The fraction of sp³-hybridized carbons (Fsp3) is 0.211. The van der Waals surface area contributed by atoms with E-state index in [1.807, 2.05) is 13.0 Å². The van der Waals surface area contributed by atoms with Gasteiger partial charge in [-0.15, -0.1) is 0 Å². The molecule has 0 amide bonds. The van der Waals surface area contributed by atoms with Gasteiger partial charge >= 0.3 is 0 Å². The molecule has 0 saturated carbocycles. The third-order valence-electron chi connectivity index (χ3n) is 3.09. The highest BCUT2D eigenvalue weighted by atomic mass is 16.5. The maximum absolute atomic E-state index is 12.3. The molecule has 0 fully saturated rings. The fourth-order valence-electron chi connectivity index (χ4n) is 2.00. The summed E-state index contributed by atoms with van der Waals surface area (Å²) in [5.74, 6) is 0.171. The van der Waals surface area contributed by atoms with E-state index in [-0.39, 0.29) is 17.1 Å². The summed E-state index contributed by atoms with van der Waals surface area (Å²) < 4.78 is 10.8. The minimum absolute atomic E-state index is 0.0980. The fourth-order valence-corrected chi connectivity index (χ4v) is 2.00. The summed E-state index contributed by atoms with van der Waals surface area (Å²) >= 11 is 0. The molecule has 0 radical (unpaired) electrons. The smallest absolute Gasteiger partial charge is 0.196 e. The molecule has 0 heterocycles. The monoisotopic (exact) mass is 312 g/mol. The third kappa shape index (κ3) is 4.97. The maximum Gasteiger partial charge on any atom is 0.196 e. The number of hydrogen-bond acceptors (Lipinski definition) is 4. The lowest BCUT2D eigenvalue weighted by Crippen LogP contribution is -2.08. The summed E-state index contributed by atoms with van der Waals surface area (Å²) in [7, 11) is 0. The molecule has 0 bridgehead atoms. The molecule has 2 aromatic rings. The van der Waals surface area contributed by atoms with Crippen LogP contribution in [0.3, 0.4) is 0 Å². The van der Waals surface area contributed by atoms with Crippen molar-refractivity contribution in [1.29, 1.82) is 0 Å². The molecule has 2 rings (SSSR count). The van der Waals surface area contributed by atoms with Crippen molar-refractivity contribution < 1.29 is 19.4 Å². The number of benzene rings is 2. The van der Waals surface area contributed by atoms with Crippen molar-refractivity contribution in [3.63, 3.8) is 0 Å². The van der Waals surface area contributed by atoms with Crippen LogP contribution in [0.25, 0.3) is 0 Å². The summed E-state index contributed by atoms with van der Waals surface area (Å²) in [4.78, 5) is 12.3. The normalized spacial score (nSPS) is 10.3. The van der Waals surface area contributed by atoms with Crippen LogP contribution in [0.4, 0.5) is 0 Å². The molecule has 0 spiro atoms. The molecule has 4 nitrogen and oxygen atoms in total. The SMILES string of the molecule is C=C(C)COCCOc1ccc(C(=O)c2ccccc2)c(O)c1. The Morgan fingerprint density at radius 1 is 1.13 bits per heavy atom. The van der Waals surface area contributed by atoms with E-state index in [1.165, 1.54) is 6.07 Å². The lowest BCUT2D eigenvalue weighted by Gasteiger charge is -2.09. The molecular weight excluding hydrogens is 292 g/mol. The Morgan fingerprint density at radius 3 is 2.52 bits per heavy atom. The van der Waals surface area contributed by atoms with E-state index in [4.69, 9.17) is 9.47 Å². The number of aromatic hydroxyl groups is 1. The van der Waals surface area contributed by atoms with E-state index in [9.17, 15) is 9.90 Å². The first kappa shape index (κ1) is 16.8. The van der Waals surface area contributed by atoms with Crippen LogP contribution in [-0.4, -0.2) is 30.7 Å². The minimum atomic E-state index is -0.223. The van der Waals surface area contributed by atoms with Crippen LogP contribution in [0.2, 0.25) is 0 Å². The summed E-state index contributed by atoms with van der Waals surface area (Å²) in [5.41, 5.74) is 1.73. The lowest BCUT2D eigenvalue weighted by molar-refractivity contribution is 0.103. The molecule has 0 aromatic heterocycles. The van der Waals surface area contributed by atoms with Gasteiger partial charge in [-0.05, 0) is 19.1 Å². The van der Waals surface area contributed by atoms with Crippen LogP contribution in [0, 0.1) is 0 Å². The largest absolute Gasteiger partial charge is 0.507 e. The molecule has 0 saturated heterocycles. The van der Waals surface area contributed by atoms with Crippen LogP contribution in [0.1, 0.15) is 22.8 Å². The van der Waals surface area contributed by atoms with Crippen molar-refractivity contribution >= 4 is 5.78 Å². The Labute approximate surface area is 136 Å². The summed E-state index contributed by atoms with van der Waals surface area (Å²) in [6.07, 6.45) is 0. The minimum Gasteiger partial charge on any atom is -0.507 e. The summed E-state index contributed by atoms with van der Waals surface area (Å²) in [6.45, 7) is 6.92. The highest BCUT2D eigenvalue weighted by Gasteiger charge is 2.13. The number of rotatable bonds is 8. The first-order valence-electron chi connectivity index (χ1n) is 7.35. The Balaban J connectivity index is 1.95. The number of ketones is 1. The molecule has 0 atom stereocenters. The van der Waals surface area contributed by atoms with Gasteiger partial charge in [0.25, 0.3) is 0 Å². The van der Waals surface area contributed by atoms with Gasteiger partial charge in [-0.25, -0.2) is 0 Å². The molecule has 0 aliphatic rings. The lowest BCUT2D eigenvalue weighted by atomic mass is 10.0. The Hall–Kier alpha value is -2.59. The van der Waals surface area contributed by atoms with E-state index in [2.05, 4.69) is 6.58 Å². The molecular formula is C19H20O4. The van der Waals surface area contributed by atoms with Crippen molar-refractivity contribution in [1.82, 2.24) is 0 Å². The van der Waals surface area contributed by atoms with E-state index in [0.717, 1.165) is 5.57 Å². The van der Waals surface area contributed by atoms with Crippen molar-refractivity contribution in [3.05, 3.63) is 71.8 Å². The van der Waals surface area contributed by atoms with Gasteiger partial charge in [0.2, 0.25) is 0 Å². The van der Waals surface area contributed by atoms with Gasteiger partial charge in [0.15, 0.2) is 5.78 Å². The van der Waals surface area contributed by atoms with E-state index in [0.29, 0.717) is 31.1 Å². The highest BCUT2D eigenvalue weighted by Crippen LogP contribution is 2.25. The second kappa shape index (κ2) is 8.15. The number of phenolic OH excluding ortho intramolecular Hbond substituents is 1. The predicted molar refractivity (Wildman–Crippen MR) is 89.1 cm³/mol. The Bertz CT molecular complexity index is 677. The van der Waals surface area contributed by atoms with Gasteiger partial charge in [-0.2, -0.15) is 0 Å². The average Bonchev–Trinajstić information content (AvgIpc) is 2.54. The molecule has 1 N–H and O–H groups in total. The first-order valence-corrected chi connectivity index (χ1v) is 7.35. The van der Waals surface area contributed by atoms with Crippen LogP contribution < -0.4 is 4.74 Å².